The van der Waals surface area contributed by atoms with Gasteiger partial charge in [0.25, 0.3) is 0 Å². The van der Waals surface area contributed by atoms with E-state index in [0.29, 0.717) is 16.8 Å². The van der Waals surface area contributed by atoms with Gasteiger partial charge in [0.2, 0.25) is 0 Å². The lowest BCUT2D eigenvalue weighted by atomic mass is 10.0. The molecule has 1 aromatic heterocycles. The third-order valence-electron chi connectivity index (χ3n) is 3.78. The maximum absolute atomic E-state index is 9.67. The second-order valence-corrected chi connectivity index (χ2v) is 5.24. The fourth-order valence-electron chi connectivity index (χ4n) is 2.66. The van der Waals surface area contributed by atoms with Gasteiger partial charge in [0.05, 0.1) is 0 Å². The van der Waals surface area contributed by atoms with Crippen molar-refractivity contribution in [3.8, 4) is 29.0 Å². The Balaban J connectivity index is 2.35. The summed E-state index contributed by atoms with van der Waals surface area (Å²) in [5.41, 5.74) is 10.1. The molecule has 1 heterocycles. The lowest BCUT2D eigenvalue weighted by Crippen LogP contribution is -2.03. The van der Waals surface area contributed by atoms with Crippen LogP contribution in [0.1, 0.15) is 16.8 Å². The predicted octanol–water partition coefficient (Wildman–Crippen LogP) is 3.78. The number of benzene rings is 2. The fourth-order valence-corrected chi connectivity index (χ4v) is 2.66. The van der Waals surface area contributed by atoms with Gasteiger partial charge < -0.3 is 5.73 Å². The van der Waals surface area contributed by atoms with E-state index in [-0.39, 0.29) is 5.82 Å². The molecule has 0 spiro atoms. The van der Waals surface area contributed by atoms with Crippen molar-refractivity contribution in [3.05, 3.63) is 71.4 Å². The van der Waals surface area contributed by atoms with Gasteiger partial charge in [0.15, 0.2) is 0 Å². The lowest BCUT2D eigenvalue weighted by molar-refractivity contribution is 1.06. The third-order valence-corrected chi connectivity index (χ3v) is 3.78. The topological polar surface area (TPSA) is 78.5 Å². The summed E-state index contributed by atoms with van der Waals surface area (Å²) in [5.74, 6) is 0.284. The Kier molecular flexibility index (Phi) is 3.58. The molecule has 0 saturated heterocycles. The Morgan fingerprint density at radius 3 is 2.13 bits per heavy atom. The second kappa shape index (κ2) is 5.71. The maximum Gasteiger partial charge on any atom is 0.135 e. The van der Waals surface area contributed by atoms with Crippen molar-refractivity contribution in [3.63, 3.8) is 0 Å². The van der Waals surface area contributed by atoms with Crippen LogP contribution in [0.2, 0.25) is 0 Å². The van der Waals surface area contributed by atoms with E-state index in [9.17, 15) is 10.5 Å². The van der Waals surface area contributed by atoms with Crippen LogP contribution < -0.4 is 5.73 Å². The van der Waals surface area contributed by atoms with Crippen LogP contribution in [0.3, 0.4) is 0 Å². The molecule has 0 unspecified atom stereocenters. The molecule has 0 fully saturated rings. The molecule has 4 heteroatoms. The van der Waals surface area contributed by atoms with Crippen LogP contribution in [-0.2, 0) is 0 Å². The van der Waals surface area contributed by atoms with E-state index < -0.39 is 0 Å². The molecule has 0 atom stereocenters. The highest BCUT2D eigenvalue weighted by molar-refractivity contribution is 5.83. The van der Waals surface area contributed by atoms with Crippen molar-refractivity contribution in [1.29, 1.82) is 10.5 Å². The Morgan fingerprint density at radius 2 is 1.57 bits per heavy atom. The number of nitrogens with zero attached hydrogens (tertiary/aromatic N) is 3. The number of hydrogen-bond acceptors (Lipinski definition) is 3. The van der Waals surface area contributed by atoms with E-state index in [4.69, 9.17) is 5.73 Å². The molecule has 23 heavy (non-hydrogen) atoms. The normalized spacial score (nSPS) is 10.0. The molecular formula is C19H14N4. The number of nitrogens with two attached hydrogens (primary N) is 1. The molecule has 0 aliphatic carbocycles. The predicted molar refractivity (Wildman–Crippen MR) is 89.8 cm³/mol. The summed E-state index contributed by atoms with van der Waals surface area (Å²) in [4.78, 5) is 0. The Hall–Kier alpha value is -3.50. The van der Waals surface area contributed by atoms with Gasteiger partial charge in [0.1, 0.15) is 29.2 Å². The van der Waals surface area contributed by atoms with Gasteiger partial charge >= 0.3 is 0 Å². The zero-order chi connectivity index (χ0) is 16.4. The molecule has 2 aromatic carbocycles. The van der Waals surface area contributed by atoms with Gasteiger partial charge in [-0.1, -0.05) is 48.0 Å². The fraction of sp³-hybridized carbons (Fsp3) is 0.0526. The van der Waals surface area contributed by atoms with Gasteiger partial charge in [-0.25, -0.2) is 0 Å². The lowest BCUT2D eigenvalue weighted by Gasteiger charge is -2.08. The summed E-state index contributed by atoms with van der Waals surface area (Å²) >= 11 is 0. The van der Waals surface area contributed by atoms with Crippen LogP contribution in [0.5, 0.6) is 0 Å². The highest BCUT2D eigenvalue weighted by Gasteiger charge is 2.23. The van der Waals surface area contributed by atoms with Crippen molar-refractivity contribution >= 4 is 5.82 Å². The van der Waals surface area contributed by atoms with Crippen LogP contribution in [0, 0.1) is 29.6 Å². The number of hydrogen-bond donors (Lipinski definition) is 1. The van der Waals surface area contributed by atoms with Crippen LogP contribution in [0.4, 0.5) is 5.82 Å². The van der Waals surface area contributed by atoms with Crippen LogP contribution >= 0.6 is 0 Å². The first-order valence-corrected chi connectivity index (χ1v) is 7.14. The minimum absolute atomic E-state index is 0.284. The summed E-state index contributed by atoms with van der Waals surface area (Å²) in [7, 11) is 0. The number of nitriles is 2. The van der Waals surface area contributed by atoms with Crippen LogP contribution in [0.15, 0.2) is 54.6 Å². The zero-order valence-corrected chi connectivity index (χ0v) is 12.6. The molecule has 0 aliphatic rings. The quantitative estimate of drug-likeness (QED) is 0.782. The van der Waals surface area contributed by atoms with Crippen molar-refractivity contribution in [1.82, 2.24) is 4.57 Å². The van der Waals surface area contributed by atoms with E-state index in [1.807, 2.05) is 61.5 Å². The highest BCUT2D eigenvalue weighted by Crippen LogP contribution is 2.35. The van der Waals surface area contributed by atoms with Crippen molar-refractivity contribution < 1.29 is 0 Å². The van der Waals surface area contributed by atoms with Crippen LogP contribution in [-0.4, -0.2) is 4.57 Å². The standard InChI is InChI=1S/C19H14N4/c1-13-7-9-15(10-8-13)23-17(12-21)18(16(11-20)19(23)22)14-5-3-2-4-6-14/h2-10H,22H2,1H3. The first-order valence-electron chi connectivity index (χ1n) is 7.14. The molecule has 0 bridgehead atoms. The van der Waals surface area contributed by atoms with Crippen molar-refractivity contribution in [2.75, 3.05) is 5.73 Å². The van der Waals surface area contributed by atoms with E-state index >= 15 is 0 Å². The van der Waals surface area contributed by atoms with Gasteiger partial charge in [-0.3, -0.25) is 4.57 Å². The van der Waals surface area contributed by atoms with Crippen molar-refractivity contribution in [2.24, 2.45) is 0 Å². The smallest absolute Gasteiger partial charge is 0.135 e. The maximum atomic E-state index is 9.67. The molecule has 3 aromatic rings. The first kappa shape index (κ1) is 14.4. The molecule has 4 nitrogen and oxygen atoms in total. The molecule has 110 valence electrons. The minimum Gasteiger partial charge on any atom is -0.384 e. The molecule has 0 aliphatic heterocycles. The molecular weight excluding hydrogens is 284 g/mol. The average Bonchev–Trinajstić information content (AvgIpc) is 2.88. The summed E-state index contributed by atoms with van der Waals surface area (Å²) in [5, 5.41) is 19.2. The molecule has 2 N–H and O–H groups in total. The van der Waals surface area contributed by atoms with Crippen molar-refractivity contribution in [2.45, 2.75) is 6.92 Å². The third kappa shape index (κ3) is 2.33. The first-order chi connectivity index (χ1) is 11.2. The summed E-state index contributed by atoms with van der Waals surface area (Å²) < 4.78 is 1.64. The SMILES string of the molecule is Cc1ccc(-n2c(N)c(C#N)c(-c3ccccc3)c2C#N)cc1. The van der Waals surface area contributed by atoms with E-state index in [0.717, 1.165) is 16.8 Å². The average molecular weight is 298 g/mol. The Bertz CT molecular complexity index is 936. The van der Waals surface area contributed by atoms with E-state index in [2.05, 4.69) is 12.1 Å². The summed E-state index contributed by atoms with van der Waals surface area (Å²) in [6.45, 7) is 1.99. The monoisotopic (exact) mass is 298 g/mol. The number of aromatic nitrogens is 1. The molecule has 0 radical (unpaired) electrons. The molecule has 3 rings (SSSR count). The van der Waals surface area contributed by atoms with E-state index in [1.165, 1.54) is 0 Å². The molecule has 0 amide bonds. The van der Waals surface area contributed by atoms with Crippen LogP contribution in [0.25, 0.3) is 16.8 Å². The number of aryl methyl sites for hydroxylation is 1. The van der Waals surface area contributed by atoms with E-state index in [1.54, 1.807) is 4.57 Å². The Morgan fingerprint density at radius 1 is 0.913 bits per heavy atom. The van der Waals surface area contributed by atoms with Gasteiger partial charge in [-0.2, -0.15) is 10.5 Å². The zero-order valence-electron chi connectivity index (χ0n) is 12.6. The largest absolute Gasteiger partial charge is 0.384 e. The number of rotatable bonds is 2. The summed E-state index contributed by atoms with van der Waals surface area (Å²) in [6, 6.07) is 21.4. The van der Waals surface area contributed by atoms with Gasteiger partial charge in [-0.05, 0) is 24.6 Å². The van der Waals surface area contributed by atoms with Gasteiger partial charge in [-0.15, -0.1) is 0 Å². The Labute approximate surface area is 134 Å². The number of anilines is 1. The number of nitrogen functional groups attached to an aromatic ring is 1. The molecule has 0 saturated carbocycles. The van der Waals surface area contributed by atoms with Gasteiger partial charge in [0, 0.05) is 11.3 Å². The highest BCUT2D eigenvalue weighted by atomic mass is 15.1. The second-order valence-electron chi connectivity index (χ2n) is 5.24. The minimum atomic E-state index is 0.284. The summed E-state index contributed by atoms with van der Waals surface area (Å²) in [6.07, 6.45) is 0.